The summed E-state index contributed by atoms with van der Waals surface area (Å²) in [6.45, 7) is 4.16. The minimum Gasteiger partial charge on any atom is -0.489 e. The number of hydrogen-bond acceptors (Lipinski definition) is 3. The van der Waals surface area contributed by atoms with Crippen LogP contribution in [0.4, 0.5) is 4.39 Å². The first-order valence-corrected chi connectivity index (χ1v) is 6.14. The molecule has 2 aromatic rings. The van der Waals surface area contributed by atoms with Crippen molar-refractivity contribution >= 4 is 0 Å². The van der Waals surface area contributed by atoms with E-state index in [-0.39, 0.29) is 11.9 Å². The second-order valence-corrected chi connectivity index (χ2v) is 4.63. The smallest absolute Gasteiger partial charge is 0.124 e. The van der Waals surface area contributed by atoms with Crippen LogP contribution in [0.15, 0.2) is 36.7 Å². The molecule has 1 aromatic heterocycles. The fourth-order valence-electron chi connectivity index (χ4n) is 1.86. The zero-order valence-electron chi connectivity index (χ0n) is 11.1. The summed E-state index contributed by atoms with van der Waals surface area (Å²) < 4.78 is 18.9. The van der Waals surface area contributed by atoms with Crippen molar-refractivity contribution in [3.8, 4) is 5.75 Å². The van der Waals surface area contributed by atoms with E-state index in [1.807, 2.05) is 13.0 Å². The fourth-order valence-corrected chi connectivity index (χ4v) is 1.86. The van der Waals surface area contributed by atoms with Gasteiger partial charge in [0, 0.05) is 29.6 Å². The molecule has 1 heterocycles. The topological polar surface area (TPSA) is 48.1 Å². The summed E-state index contributed by atoms with van der Waals surface area (Å²) in [4.78, 5) is 4.10. The maximum Gasteiger partial charge on any atom is 0.124 e. The Morgan fingerprint density at radius 3 is 2.79 bits per heavy atom. The van der Waals surface area contributed by atoms with Gasteiger partial charge in [0.2, 0.25) is 0 Å². The molecule has 0 fully saturated rings. The summed E-state index contributed by atoms with van der Waals surface area (Å²) in [5, 5.41) is 0. The van der Waals surface area contributed by atoms with Crippen molar-refractivity contribution in [2.24, 2.45) is 5.73 Å². The van der Waals surface area contributed by atoms with Gasteiger partial charge in [0.25, 0.3) is 0 Å². The monoisotopic (exact) mass is 260 g/mol. The summed E-state index contributed by atoms with van der Waals surface area (Å²) in [6, 6.07) is 6.12. The van der Waals surface area contributed by atoms with E-state index in [0.717, 1.165) is 11.1 Å². The second-order valence-electron chi connectivity index (χ2n) is 4.63. The Hall–Kier alpha value is -1.94. The van der Waals surface area contributed by atoms with E-state index < -0.39 is 0 Å². The summed E-state index contributed by atoms with van der Waals surface area (Å²) in [7, 11) is 0. The number of halogens is 1. The van der Waals surface area contributed by atoms with Gasteiger partial charge in [-0.25, -0.2) is 4.39 Å². The van der Waals surface area contributed by atoms with Crippen LogP contribution in [0.3, 0.4) is 0 Å². The third-order valence-corrected chi connectivity index (χ3v) is 2.79. The van der Waals surface area contributed by atoms with Gasteiger partial charge < -0.3 is 10.5 Å². The molecule has 2 N–H and O–H groups in total. The quantitative estimate of drug-likeness (QED) is 0.918. The predicted octanol–water partition coefficient (Wildman–Crippen LogP) is 3.13. The molecule has 3 nitrogen and oxygen atoms in total. The van der Waals surface area contributed by atoms with Crippen LogP contribution in [-0.4, -0.2) is 4.98 Å². The van der Waals surface area contributed by atoms with Gasteiger partial charge in [-0.2, -0.15) is 0 Å². The third-order valence-electron chi connectivity index (χ3n) is 2.79. The molecule has 0 aliphatic heterocycles. The van der Waals surface area contributed by atoms with Crippen LogP contribution in [-0.2, 0) is 6.61 Å². The molecule has 0 amide bonds. The van der Waals surface area contributed by atoms with E-state index in [9.17, 15) is 4.39 Å². The van der Waals surface area contributed by atoms with Crippen molar-refractivity contribution in [3.63, 3.8) is 0 Å². The van der Waals surface area contributed by atoms with Crippen molar-refractivity contribution in [2.75, 3.05) is 0 Å². The average molecular weight is 260 g/mol. The molecule has 0 aliphatic rings. The lowest BCUT2D eigenvalue weighted by Crippen LogP contribution is -2.08. The molecular formula is C15H17FN2O. The molecule has 0 spiro atoms. The van der Waals surface area contributed by atoms with Gasteiger partial charge in [-0.3, -0.25) is 4.98 Å². The molecule has 0 saturated heterocycles. The number of aryl methyl sites for hydroxylation is 1. The van der Waals surface area contributed by atoms with Crippen molar-refractivity contribution in [1.29, 1.82) is 0 Å². The molecular weight excluding hydrogens is 243 g/mol. The lowest BCUT2D eigenvalue weighted by molar-refractivity contribution is 0.300. The van der Waals surface area contributed by atoms with Crippen molar-refractivity contribution < 1.29 is 9.13 Å². The van der Waals surface area contributed by atoms with E-state index in [1.54, 1.807) is 25.4 Å². The SMILES string of the molecule is Cc1cncc(COc2ccc(F)cc2[C@@H](C)N)c1. The Bertz CT molecular complexity index is 570. The van der Waals surface area contributed by atoms with Crippen LogP contribution < -0.4 is 10.5 Å². The molecule has 0 aliphatic carbocycles. The fraction of sp³-hybridized carbons (Fsp3) is 0.267. The highest BCUT2D eigenvalue weighted by atomic mass is 19.1. The maximum absolute atomic E-state index is 13.2. The van der Waals surface area contributed by atoms with Gasteiger partial charge in [0.05, 0.1) is 0 Å². The number of nitrogens with two attached hydrogens (primary N) is 1. The van der Waals surface area contributed by atoms with Crippen molar-refractivity contribution in [3.05, 3.63) is 59.2 Å². The van der Waals surface area contributed by atoms with Crippen LogP contribution in [0.2, 0.25) is 0 Å². The minimum absolute atomic E-state index is 0.277. The Morgan fingerprint density at radius 2 is 2.11 bits per heavy atom. The molecule has 0 saturated carbocycles. The molecule has 4 heteroatoms. The van der Waals surface area contributed by atoms with Crippen LogP contribution in [0.5, 0.6) is 5.75 Å². The molecule has 1 aromatic carbocycles. The number of rotatable bonds is 4. The number of benzene rings is 1. The predicted molar refractivity (Wildman–Crippen MR) is 72.3 cm³/mol. The summed E-state index contributed by atoms with van der Waals surface area (Å²) in [6.07, 6.45) is 3.54. The highest BCUT2D eigenvalue weighted by Gasteiger charge is 2.09. The normalized spacial score (nSPS) is 12.2. The van der Waals surface area contributed by atoms with E-state index >= 15 is 0 Å². The lowest BCUT2D eigenvalue weighted by Gasteiger charge is -2.14. The van der Waals surface area contributed by atoms with Gasteiger partial charge in [0.15, 0.2) is 0 Å². The zero-order chi connectivity index (χ0) is 13.8. The number of aromatic nitrogens is 1. The first-order chi connectivity index (χ1) is 9.06. The third kappa shape index (κ3) is 3.51. The summed E-state index contributed by atoms with van der Waals surface area (Å²) in [5.74, 6) is 0.301. The number of hydrogen-bond donors (Lipinski definition) is 1. The van der Waals surface area contributed by atoms with Gasteiger partial charge in [-0.15, -0.1) is 0 Å². The lowest BCUT2D eigenvalue weighted by atomic mass is 10.1. The average Bonchev–Trinajstić information content (AvgIpc) is 2.37. The first-order valence-electron chi connectivity index (χ1n) is 6.14. The van der Waals surface area contributed by atoms with Crippen molar-refractivity contribution in [2.45, 2.75) is 26.5 Å². The van der Waals surface area contributed by atoms with Gasteiger partial charge in [-0.05, 0) is 43.7 Å². The Balaban J connectivity index is 2.15. The van der Waals surface area contributed by atoms with Crippen LogP contribution >= 0.6 is 0 Å². The molecule has 2 rings (SSSR count). The molecule has 0 unspecified atom stereocenters. The van der Waals surface area contributed by atoms with Gasteiger partial charge in [0.1, 0.15) is 18.2 Å². The number of pyridine rings is 1. The number of ether oxygens (including phenoxy) is 1. The van der Waals surface area contributed by atoms with Crippen LogP contribution in [0.25, 0.3) is 0 Å². The molecule has 0 radical (unpaired) electrons. The molecule has 19 heavy (non-hydrogen) atoms. The van der Waals surface area contributed by atoms with E-state index in [1.165, 1.54) is 12.1 Å². The standard InChI is InChI=1S/C15H17FN2O/c1-10-5-12(8-18-7-10)9-19-15-4-3-13(16)6-14(15)11(2)17/h3-8,11H,9,17H2,1-2H3/t11-/m1/s1. The van der Waals surface area contributed by atoms with Crippen molar-refractivity contribution in [1.82, 2.24) is 4.98 Å². The molecule has 0 bridgehead atoms. The summed E-state index contributed by atoms with van der Waals surface area (Å²) >= 11 is 0. The zero-order valence-corrected chi connectivity index (χ0v) is 11.1. The molecule has 1 atom stereocenters. The maximum atomic E-state index is 13.2. The first kappa shape index (κ1) is 13.5. The minimum atomic E-state index is -0.308. The molecule has 100 valence electrons. The highest BCUT2D eigenvalue weighted by Crippen LogP contribution is 2.25. The van der Waals surface area contributed by atoms with Crippen LogP contribution in [0.1, 0.15) is 29.7 Å². The Labute approximate surface area is 112 Å². The van der Waals surface area contributed by atoms with E-state index in [2.05, 4.69) is 4.98 Å². The second kappa shape index (κ2) is 5.80. The van der Waals surface area contributed by atoms with E-state index in [4.69, 9.17) is 10.5 Å². The largest absolute Gasteiger partial charge is 0.489 e. The van der Waals surface area contributed by atoms with E-state index in [0.29, 0.717) is 17.9 Å². The van der Waals surface area contributed by atoms with Gasteiger partial charge in [-0.1, -0.05) is 0 Å². The highest BCUT2D eigenvalue weighted by molar-refractivity contribution is 5.36. The summed E-state index contributed by atoms with van der Waals surface area (Å²) in [5.41, 5.74) is 8.53. The number of nitrogens with zero attached hydrogens (tertiary/aromatic N) is 1. The van der Waals surface area contributed by atoms with Crippen LogP contribution in [0, 0.1) is 12.7 Å². The Morgan fingerprint density at radius 1 is 1.32 bits per heavy atom. The Kier molecular flexibility index (Phi) is 4.12. The van der Waals surface area contributed by atoms with Gasteiger partial charge >= 0.3 is 0 Å².